The smallest absolute Gasteiger partial charge is 0.205 e. The fourth-order valence-corrected chi connectivity index (χ4v) is 2.04. The molecule has 18 heavy (non-hydrogen) atoms. The molecule has 0 atom stereocenters. The van der Waals surface area contributed by atoms with Gasteiger partial charge in [-0.1, -0.05) is 39.0 Å². The van der Waals surface area contributed by atoms with Crippen molar-refractivity contribution in [2.75, 3.05) is 11.9 Å². The number of unbranched alkanes of at least 4 members (excludes halogenated alkanes) is 5. The largest absolute Gasteiger partial charge is 0.356 e. The number of hydrogen-bond donors (Lipinski definition) is 3. The summed E-state index contributed by atoms with van der Waals surface area (Å²) in [6, 6.07) is 0. The Morgan fingerprint density at radius 2 is 1.72 bits per heavy atom. The first-order valence-electron chi connectivity index (χ1n) is 6.17. The minimum Gasteiger partial charge on any atom is -0.356 e. The number of aromatic nitrogens is 3. The minimum absolute atomic E-state index is 0. The number of hydrogen-bond acceptors (Lipinski definition) is 4. The summed E-state index contributed by atoms with van der Waals surface area (Å²) in [7, 11) is 0. The van der Waals surface area contributed by atoms with Crippen LogP contribution in [0.15, 0.2) is 0 Å². The maximum Gasteiger partial charge on any atom is 0.205 e. The van der Waals surface area contributed by atoms with Gasteiger partial charge < -0.3 is 15.3 Å². The molecule has 0 fully saturated rings. The fourth-order valence-electron chi connectivity index (χ4n) is 1.59. The summed E-state index contributed by atoms with van der Waals surface area (Å²) < 4.78 is 0.926. The van der Waals surface area contributed by atoms with E-state index in [1.807, 2.05) is 0 Å². The summed E-state index contributed by atoms with van der Waals surface area (Å²) in [6.45, 7) is 3.14. The van der Waals surface area contributed by atoms with E-state index in [0.29, 0.717) is 15.5 Å². The second-order valence-electron chi connectivity index (χ2n) is 4.04. The van der Waals surface area contributed by atoms with Crippen LogP contribution >= 0.6 is 24.4 Å². The molecular formula is C11H20N4NaS2. The van der Waals surface area contributed by atoms with Crippen molar-refractivity contribution in [1.29, 1.82) is 0 Å². The van der Waals surface area contributed by atoms with Crippen LogP contribution < -0.4 is 5.32 Å². The molecule has 1 rings (SSSR count). The maximum absolute atomic E-state index is 4.98. The Morgan fingerprint density at radius 3 is 2.39 bits per heavy atom. The Bertz CT molecular complexity index is 401. The summed E-state index contributed by atoms with van der Waals surface area (Å²) in [5.41, 5.74) is 0. The first kappa shape index (κ1) is 18.2. The van der Waals surface area contributed by atoms with Crippen LogP contribution in [0.4, 0.5) is 5.95 Å². The molecule has 0 spiro atoms. The third-order valence-corrected chi connectivity index (χ3v) is 2.89. The monoisotopic (exact) mass is 295 g/mol. The molecule has 1 radical (unpaired) electrons. The van der Waals surface area contributed by atoms with Gasteiger partial charge in [0.15, 0.2) is 4.77 Å². The van der Waals surface area contributed by atoms with E-state index in [-0.39, 0.29) is 29.6 Å². The van der Waals surface area contributed by atoms with Gasteiger partial charge in [0.2, 0.25) is 10.7 Å². The van der Waals surface area contributed by atoms with Crippen LogP contribution in [0.3, 0.4) is 0 Å². The van der Waals surface area contributed by atoms with Crippen LogP contribution in [0.5, 0.6) is 0 Å². The predicted molar refractivity (Wildman–Crippen MR) is 82.2 cm³/mol. The van der Waals surface area contributed by atoms with Crippen LogP contribution in [-0.4, -0.2) is 51.1 Å². The molecule has 0 bridgehead atoms. The van der Waals surface area contributed by atoms with Gasteiger partial charge in [-0.05, 0) is 30.9 Å². The van der Waals surface area contributed by atoms with E-state index in [1.54, 1.807) is 0 Å². The second kappa shape index (κ2) is 11.1. The Balaban J connectivity index is 0.00000289. The summed E-state index contributed by atoms with van der Waals surface area (Å²) in [5, 5.41) is 3.20. The van der Waals surface area contributed by atoms with Gasteiger partial charge in [0.1, 0.15) is 0 Å². The number of rotatable bonds is 8. The molecule has 0 aromatic carbocycles. The van der Waals surface area contributed by atoms with Crippen molar-refractivity contribution in [3.63, 3.8) is 0 Å². The van der Waals surface area contributed by atoms with Gasteiger partial charge in [0, 0.05) is 36.1 Å². The van der Waals surface area contributed by atoms with Crippen molar-refractivity contribution in [2.24, 2.45) is 0 Å². The maximum atomic E-state index is 4.98. The Morgan fingerprint density at radius 1 is 1.06 bits per heavy atom. The Kier molecular flexibility index (Phi) is 11.3. The molecule has 0 saturated carbocycles. The molecule has 0 aliphatic carbocycles. The zero-order valence-electron chi connectivity index (χ0n) is 11.2. The number of H-pyrrole nitrogens is 2. The molecule has 1 aromatic heterocycles. The number of anilines is 1. The first-order valence-corrected chi connectivity index (χ1v) is 6.98. The molecule has 1 aromatic rings. The van der Waals surface area contributed by atoms with E-state index in [4.69, 9.17) is 24.4 Å². The van der Waals surface area contributed by atoms with Crippen molar-refractivity contribution in [3.05, 3.63) is 9.54 Å². The molecule has 97 valence electrons. The van der Waals surface area contributed by atoms with Crippen molar-refractivity contribution in [1.82, 2.24) is 15.0 Å². The van der Waals surface area contributed by atoms with E-state index >= 15 is 0 Å². The average Bonchev–Trinajstić information content (AvgIpc) is 2.26. The third kappa shape index (κ3) is 8.37. The molecule has 1 heterocycles. The molecule has 0 aliphatic heterocycles. The van der Waals surface area contributed by atoms with Crippen molar-refractivity contribution in [2.45, 2.75) is 45.4 Å². The zero-order valence-corrected chi connectivity index (χ0v) is 14.8. The summed E-state index contributed by atoms with van der Waals surface area (Å²) in [4.78, 5) is 9.80. The van der Waals surface area contributed by atoms with Crippen LogP contribution in [0, 0.1) is 9.54 Å². The van der Waals surface area contributed by atoms with Crippen molar-refractivity contribution < 1.29 is 0 Å². The van der Waals surface area contributed by atoms with Crippen LogP contribution in [0.25, 0.3) is 0 Å². The van der Waals surface area contributed by atoms with E-state index in [1.165, 1.54) is 32.1 Å². The van der Waals surface area contributed by atoms with Crippen LogP contribution in [0.2, 0.25) is 0 Å². The van der Waals surface area contributed by atoms with E-state index in [2.05, 4.69) is 27.2 Å². The van der Waals surface area contributed by atoms with Gasteiger partial charge >= 0.3 is 0 Å². The van der Waals surface area contributed by atoms with E-state index in [9.17, 15) is 0 Å². The normalized spacial score (nSPS) is 9.83. The van der Waals surface area contributed by atoms with Gasteiger partial charge in [-0.3, -0.25) is 0 Å². The topological polar surface area (TPSA) is 56.5 Å². The van der Waals surface area contributed by atoms with Crippen LogP contribution in [-0.2, 0) is 0 Å². The second-order valence-corrected chi connectivity index (χ2v) is 4.83. The van der Waals surface area contributed by atoms with E-state index < -0.39 is 0 Å². The average molecular weight is 295 g/mol. The standard InChI is InChI=1S/C11H20N4S2.Na/c1-2-3-4-5-6-7-8-12-9-13-10(16)15-11(17)14-9;/h2-8H2,1H3,(H3,12,13,14,15,16,17);. The first-order chi connectivity index (χ1) is 8.22. The van der Waals surface area contributed by atoms with Crippen molar-refractivity contribution in [3.8, 4) is 0 Å². The number of aromatic amines is 2. The molecule has 0 aliphatic rings. The predicted octanol–water partition coefficient (Wildman–Crippen LogP) is 3.59. The minimum atomic E-state index is 0. The summed E-state index contributed by atoms with van der Waals surface area (Å²) in [5.74, 6) is 0.660. The van der Waals surface area contributed by atoms with Gasteiger partial charge in [-0.25, -0.2) is 0 Å². The molecule has 0 saturated heterocycles. The molecule has 4 nitrogen and oxygen atoms in total. The molecule has 0 unspecified atom stereocenters. The van der Waals surface area contributed by atoms with Gasteiger partial charge in [0.05, 0.1) is 0 Å². The Labute approximate surface area is 141 Å². The SMILES string of the molecule is CCCCCCCCNc1nc(=S)[nH]c(=S)[nH]1.[Na]. The Hall–Kier alpha value is 0.250. The van der Waals surface area contributed by atoms with Crippen molar-refractivity contribution >= 4 is 59.9 Å². The summed E-state index contributed by atoms with van der Waals surface area (Å²) in [6.07, 6.45) is 7.70. The molecule has 0 amide bonds. The van der Waals surface area contributed by atoms with Gasteiger partial charge in [0.25, 0.3) is 0 Å². The van der Waals surface area contributed by atoms with Gasteiger partial charge in [-0.2, -0.15) is 4.98 Å². The van der Waals surface area contributed by atoms with E-state index in [0.717, 1.165) is 13.0 Å². The number of nitrogens with zero attached hydrogens (tertiary/aromatic N) is 1. The number of nitrogens with one attached hydrogen (secondary N) is 3. The van der Waals surface area contributed by atoms with Crippen LogP contribution in [0.1, 0.15) is 45.4 Å². The molecule has 7 heteroatoms. The third-order valence-electron chi connectivity index (χ3n) is 2.49. The molecular weight excluding hydrogens is 275 g/mol. The van der Waals surface area contributed by atoms with Gasteiger partial charge in [-0.15, -0.1) is 0 Å². The summed E-state index contributed by atoms with van der Waals surface area (Å²) >= 11 is 9.92. The fraction of sp³-hybridized carbons (Fsp3) is 0.727. The quantitative estimate of drug-likeness (QED) is 0.390. The molecule has 3 N–H and O–H groups in total. The zero-order chi connectivity index (χ0) is 12.5.